The second-order valence-electron chi connectivity index (χ2n) is 8.00. The summed E-state index contributed by atoms with van der Waals surface area (Å²) in [6, 6.07) is 8.92. The Morgan fingerprint density at radius 3 is 1.94 bits per heavy atom. The third-order valence-electron chi connectivity index (χ3n) is 4.93. The summed E-state index contributed by atoms with van der Waals surface area (Å²) in [5, 5.41) is 14.1. The first-order valence-corrected chi connectivity index (χ1v) is 11.5. The van der Waals surface area contributed by atoms with Gasteiger partial charge in [-0.2, -0.15) is 18.4 Å². The molecule has 33 heavy (non-hydrogen) atoms. The first kappa shape index (κ1) is 26.3. The number of benzene rings is 2. The number of nitrogens with zero attached hydrogens (tertiary/aromatic N) is 2. The van der Waals surface area contributed by atoms with E-state index in [2.05, 4.69) is 0 Å². The fraction of sp³-hybridized carbons (Fsp3) is 0.364. The second-order valence-corrected chi connectivity index (χ2v) is 9.56. The molecule has 2 rings (SSSR count). The van der Waals surface area contributed by atoms with E-state index in [4.69, 9.17) is 16.1 Å². The van der Waals surface area contributed by atoms with Gasteiger partial charge in [-0.1, -0.05) is 50.2 Å². The molecule has 0 aromatic heterocycles. The Kier molecular flexibility index (Phi) is 8.24. The standard InChI is InChI=1S/C22H25F3N4O3S/c1-14(2)13-19(27)21(30)29(12-11-26)20(22(23,24)25)17-5-3-15(4-6-17)16-7-9-18(10-8-16)33(28,31)32/h3-10,14,19-20H,12-13,27H2,1-2H3,(H2,28,31,32)/t19-,20-/m0/s1. The number of amides is 1. The molecule has 178 valence electrons. The van der Waals surface area contributed by atoms with Crippen LogP contribution in [0.15, 0.2) is 53.4 Å². The maximum absolute atomic E-state index is 14.0. The molecule has 0 unspecified atom stereocenters. The summed E-state index contributed by atoms with van der Waals surface area (Å²) < 4.78 is 64.9. The smallest absolute Gasteiger partial charge is 0.320 e. The van der Waals surface area contributed by atoms with Crippen LogP contribution < -0.4 is 10.9 Å². The molecule has 4 N–H and O–H groups in total. The summed E-state index contributed by atoms with van der Waals surface area (Å²) in [7, 11) is -3.87. The Morgan fingerprint density at radius 1 is 1.06 bits per heavy atom. The van der Waals surface area contributed by atoms with Crippen LogP contribution in [0, 0.1) is 17.2 Å². The maximum atomic E-state index is 14.0. The predicted molar refractivity (Wildman–Crippen MR) is 117 cm³/mol. The number of carbonyl (C=O) groups is 1. The van der Waals surface area contributed by atoms with Crippen molar-refractivity contribution in [1.82, 2.24) is 4.90 Å². The van der Waals surface area contributed by atoms with Gasteiger partial charge in [0.25, 0.3) is 0 Å². The maximum Gasteiger partial charge on any atom is 0.413 e. The van der Waals surface area contributed by atoms with E-state index in [0.29, 0.717) is 16.0 Å². The van der Waals surface area contributed by atoms with E-state index in [1.165, 1.54) is 48.5 Å². The fourth-order valence-electron chi connectivity index (χ4n) is 3.43. The van der Waals surface area contributed by atoms with E-state index in [9.17, 15) is 26.4 Å². The number of rotatable bonds is 8. The Labute approximate surface area is 190 Å². The van der Waals surface area contributed by atoms with Gasteiger partial charge in [-0.25, -0.2) is 13.6 Å². The molecule has 0 radical (unpaired) electrons. The molecular formula is C22H25F3N4O3S. The molecular weight excluding hydrogens is 457 g/mol. The van der Waals surface area contributed by atoms with E-state index in [1.54, 1.807) is 19.9 Å². The summed E-state index contributed by atoms with van der Waals surface area (Å²) in [4.78, 5) is 13.1. The molecule has 0 aliphatic heterocycles. The number of nitrogens with two attached hydrogens (primary N) is 2. The van der Waals surface area contributed by atoms with Crippen LogP contribution in [0.5, 0.6) is 0 Å². The number of sulfonamides is 1. The molecule has 0 heterocycles. The Balaban J connectivity index is 2.42. The summed E-state index contributed by atoms with van der Waals surface area (Å²) in [6.07, 6.45) is -4.67. The predicted octanol–water partition coefficient (Wildman–Crippen LogP) is 3.33. The average Bonchev–Trinajstić information content (AvgIpc) is 2.71. The monoisotopic (exact) mass is 482 g/mol. The van der Waals surface area contributed by atoms with Crippen LogP contribution in [0.2, 0.25) is 0 Å². The van der Waals surface area contributed by atoms with Gasteiger partial charge in [0.2, 0.25) is 15.9 Å². The summed E-state index contributed by atoms with van der Waals surface area (Å²) in [5.41, 5.74) is 6.68. The number of nitriles is 1. The lowest BCUT2D eigenvalue weighted by molar-refractivity contribution is -0.191. The minimum absolute atomic E-state index is 0.0165. The normalized spacial score (nSPS) is 13.9. The van der Waals surface area contributed by atoms with Gasteiger partial charge in [0.15, 0.2) is 6.04 Å². The number of halogens is 3. The summed E-state index contributed by atoms with van der Waals surface area (Å²) in [6.45, 7) is 2.81. The largest absolute Gasteiger partial charge is 0.413 e. The van der Waals surface area contributed by atoms with Crippen LogP contribution in [-0.2, 0) is 14.8 Å². The van der Waals surface area contributed by atoms with Crippen molar-refractivity contribution in [3.05, 3.63) is 54.1 Å². The number of carbonyl (C=O) groups excluding carboxylic acids is 1. The molecule has 0 aliphatic carbocycles. The lowest BCUT2D eigenvalue weighted by atomic mass is 9.98. The van der Waals surface area contributed by atoms with Gasteiger partial charge in [0, 0.05) is 0 Å². The second kappa shape index (κ2) is 10.3. The van der Waals surface area contributed by atoms with Crippen molar-refractivity contribution < 1.29 is 26.4 Å². The zero-order chi connectivity index (χ0) is 25.0. The minimum atomic E-state index is -4.84. The van der Waals surface area contributed by atoms with Crippen LogP contribution in [0.1, 0.15) is 31.9 Å². The molecule has 2 atom stereocenters. The van der Waals surface area contributed by atoms with E-state index in [-0.39, 0.29) is 22.8 Å². The van der Waals surface area contributed by atoms with Crippen molar-refractivity contribution >= 4 is 15.9 Å². The van der Waals surface area contributed by atoms with Crippen LogP contribution in [0.3, 0.4) is 0 Å². The van der Waals surface area contributed by atoms with E-state index < -0.39 is 40.7 Å². The highest BCUT2D eigenvalue weighted by Crippen LogP contribution is 2.39. The van der Waals surface area contributed by atoms with E-state index in [1.807, 2.05) is 0 Å². The zero-order valence-corrected chi connectivity index (χ0v) is 18.9. The third kappa shape index (κ3) is 6.77. The zero-order valence-electron chi connectivity index (χ0n) is 18.1. The highest BCUT2D eigenvalue weighted by Gasteiger charge is 2.47. The molecule has 0 aliphatic rings. The molecule has 1 amide bonds. The molecule has 0 bridgehead atoms. The van der Waals surface area contributed by atoms with Gasteiger partial charge in [0.1, 0.15) is 6.54 Å². The van der Waals surface area contributed by atoms with Crippen molar-refractivity contribution in [2.75, 3.05) is 6.54 Å². The molecule has 0 spiro atoms. The summed E-state index contributed by atoms with van der Waals surface area (Å²) in [5.74, 6) is -0.965. The molecule has 0 fully saturated rings. The van der Waals surface area contributed by atoms with Crippen molar-refractivity contribution in [2.45, 2.75) is 43.4 Å². The van der Waals surface area contributed by atoms with Crippen LogP contribution in [0.4, 0.5) is 13.2 Å². The van der Waals surface area contributed by atoms with Gasteiger partial charge in [-0.3, -0.25) is 4.79 Å². The quantitative estimate of drug-likeness (QED) is 0.558. The Bertz CT molecular complexity index is 1110. The first-order chi connectivity index (χ1) is 15.3. The Morgan fingerprint density at radius 2 is 1.55 bits per heavy atom. The lowest BCUT2D eigenvalue weighted by Gasteiger charge is -2.33. The van der Waals surface area contributed by atoms with Gasteiger partial charge < -0.3 is 10.6 Å². The van der Waals surface area contributed by atoms with Crippen molar-refractivity contribution in [3.63, 3.8) is 0 Å². The summed E-state index contributed by atoms with van der Waals surface area (Å²) >= 11 is 0. The van der Waals surface area contributed by atoms with Crippen molar-refractivity contribution in [3.8, 4) is 17.2 Å². The first-order valence-electron chi connectivity index (χ1n) is 9.98. The lowest BCUT2D eigenvalue weighted by Crippen LogP contribution is -2.49. The number of hydrogen-bond donors (Lipinski definition) is 2. The molecule has 0 saturated heterocycles. The number of hydrogen-bond acceptors (Lipinski definition) is 5. The Hall–Kier alpha value is -2.94. The fourth-order valence-corrected chi connectivity index (χ4v) is 3.95. The highest BCUT2D eigenvalue weighted by molar-refractivity contribution is 7.89. The highest BCUT2D eigenvalue weighted by atomic mass is 32.2. The third-order valence-corrected chi connectivity index (χ3v) is 5.86. The van der Waals surface area contributed by atoms with Crippen LogP contribution in [0.25, 0.3) is 11.1 Å². The van der Waals surface area contributed by atoms with E-state index in [0.717, 1.165) is 0 Å². The number of alkyl halides is 3. The van der Waals surface area contributed by atoms with E-state index >= 15 is 0 Å². The minimum Gasteiger partial charge on any atom is -0.320 e. The molecule has 2 aromatic rings. The molecule has 7 nitrogen and oxygen atoms in total. The van der Waals surface area contributed by atoms with Gasteiger partial charge in [-0.15, -0.1) is 0 Å². The average molecular weight is 483 g/mol. The van der Waals surface area contributed by atoms with Gasteiger partial charge in [0.05, 0.1) is 17.0 Å². The molecule has 11 heteroatoms. The van der Waals surface area contributed by atoms with Gasteiger partial charge in [-0.05, 0) is 41.2 Å². The van der Waals surface area contributed by atoms with Gasteiger partial charge >= 0.3 is 6.18 Å². The number of primary sulfonamides is 1. The van der Waals surface area contributed by atoms with Crippen LogP contribution in [-0.4, -0.2) is 38.0 Å². The topological polar surface area (TPSA) is 130 Å². The van der Waals surface area contributed by atoms with Crippen LogP contribution >= 0.6 is 0 Å². The molecule has 0 saturated carbocycles. The van der Waals surface area contributed by atoms with Crippen molar-refractivity contribution in [2.24, 2.45) is 16.8 Å². The SMILES string of the molecule is CC(C)C[C@H](N)C(=O)N(CC#N)[C@@H](c1ccc(-c2ccc(S(N)(=O)=O)cc2)cc1)C(F)(F)F. The molecule has 2 aromatic carbocycles. The van der Waals surface area contributed by atoms with Crippen molar-refractivity contribution in [1.29, 1.82) is 5.26 Å².